The number of amides is 1. The molecular weight excluding hydrogens is 390 g/mol. The van der Waals surface area contributed by atoms with E-state index < -0.39 is 0 Å². The Balaban J connectivity index is 1.32. The van der Waals surface area contributed by atoms with Crippen molar-refractivity contribution in [3.8, 4) is 5.69 Å². The summed E-state index contributed by atoms with van der Waals surface area (Å²) in [7, 11) is 1.77. The van der Waals surface area contributed by atoms with Crippen LogP contribution in [0.5, 0.6) is 0 Å². The Morgan fingerprint density at radius 3 is 2.86 bits per heavy atom. The van der Waals surface area contributed by atoms with E-state index >= 15 is 0 Å². The van der Waals surface area contributed by atoms with Crippen LogP contribution in [0.15, 0.2) is 70.7 Å². The number of nitrogens with zero attached hydrogens (tertiary/aromatic N) is 7. The van der Waals surface area contributed by atoms with Gasteiger partial charge in [-0.05, 0) is 34.7 Å². The summed E-state index contributed by atoms with van der Waals surface area (Å²) in [6.45, 7) is 0.897. The third kappa shape index (κ3) is 4.72. The molecule has 4 rings (SSSR count). The number of rotatable bonds is 8. The number of benzene rings is 1. The molecule has 1 amide bonds. The molecule has 9 nitrogen and oxygen atoms in total. The Morgan fingerprint density at radius 2 is 2.07 bits per heavy atom. The third-order valence-electron chi connectivity index (χ3n) is 4.21. The van der Waals surface area contributed by atoms with Crippen molar-refractivity contribution >= 4 is 17.7 Å². The van der Waals surface area contributed by atoms with Gasteiger partial charge in [0.1, 0.15) is 12.3 Å². The summed E-state index contributed by atoms with van der Waals surface area (Å²) < 4.78 is 8.73. The molecule has 29 heavy (non-hydrogen) atoms. The number of hydrogen-bond donors (Lipinski definition) is 0. The zero-order valence-corrected chi connectivity index (χ0v) is 16.6. The number of hydrogen-bond acceptors (Lipinski definition) is 7. The van der Waals surface area contributed by atoms with Gasteiger partial charge >= 0.3 is 0 Å². The summed E-state index contributed by atoms with van der Waals surface area (Å²) in [4.78, 5) is 14.2. The molecule has 0 aliphatic carbocycles. The van der Waals surface area contributed by atoms with E-state index in [0.29, 0.717) is 18.2 Å². The summed E-state index contributed by atoms with van der Waals surface area (Å²) in [6.07, 6.45) is 5.30. The zero-order valence-electron chi connectivity index (χ0n) is 15.8. The molecule has 3 aromatic heterocycles. The van der Waals surface area contributed by atoms with Crippen LogP contribution in [0.25, 0.3) is 5.69 Å². The van der Waals surface area contributed by atoms with Gasteiger partial charge in [-0.25, -0.2) is 9.36 Å². The molecule has 3 heterocycles. The maximum Gasteiger partial charge on any atom is 0.233 e. The zero-order chi connectivity index (χ0) is 20.1. The molecule has 0 saturated heterocycles. The number of carbonyl (C=O) groups is 1. The average Bonchev–Trinajstić information content (AvgIpc) is 3.50. The Morgan fingerprint density at radius 1 is 1.21 bits per heavy atom. The lowest BCUT2D eigenvalue weighted by molar-refractivity contribution is -0.127. The number of para-hydroxylation sites is 1. The fourth-order valence-corrected chi connectivity index (χ4v) is 3.53. The monoisotopic (exact) mass is 409 g/mol. The number of furan rings is 1. The molecule has 0 N–H and O–H groups in total. The van der Waals surface area contributed by atoms with Gasteiger partial charge in [-0.2, -0.15) is 5.10 Å². The summed E-state index contributed by atoms with van der Waals surface area (Å²) in [6, 6.07) is 13.5. The van der Waals surface area contributed by atoms with Crippen molar-refractivity contribution in [3.63, 3.8) is 0 Å². The highest BCUT2D eigenvalue weighted by Gasteiger charge is 2.15. The van der Waals surface area contributed by atoms with Crippen LogP contribution in [0.2, 0.25) is 0 Å². The fraction of sp³-hybridized carbons (Fsp3) is 0.211. The fourth-order valence-electron chi connectivity index (χ4n) is 2.71. The predicted molar refractivity (Wildman–Crippen MR) is 106 cm³/mol. The molecule has 0 saturated carbocycles. The van der Waals surface area contributed by atoms with Crippen molar-refractivity contribution in [3.05, 3.63) is 72.4 Å². The van der Waals surface area contributed by atoms with E-state index in [9.17, 15) is 4.79 Å². The average molecular weight is 409 g/mol. The molecule has 0 aliphatic rings. The molecule has 0 fully saturated rings. The van der Waals surface area contributed by atoms with Gasteiger partial charge in [0.15, 0.2) is 0 Å². The van der Waals surface area contributed by atoms with E-state index in [-0.39, 0.29) is 11.7 Å². The van der Waals surface area contributed by atoms with Crippen molar-refractivity contribution in [2.75, 3.05) is 12.8 Å². The van der Waals surface area contributed by atoms with Gasteiger partial charge in [0.2, 0.25) is 11.1 Å². The van der Waals surface area contributed by atoms with Crippen molar-refractivity contribution in [2.24, 2.45) is 0 Å². The SMILES string of the molecule is CN(Cc1cnn(-c2ccccc2)c1)C(=O)CSc1nnnn1Cc1ccco1. The number of aromatic nitrogens is 6. The second-order valence-electron chi connectivity index (χ2n) is 6.37. The van der Waals surface area contributed by atoms with Crippen LogP contribution in [0.1, 0.15) is 11.3 Å². The number of carbonyl (C=O) groups excluding carboxylic acids is 1. The van der Waals surface area contributed by atoms with Crippen LogP contribution in [-0.4, -0.2) is 53.6 Å². The molecule has 0 aliphatic heterocycles. The first-order valence-electron chi connectivity index (χ1n) is 8.93. The largest absolute Gasteiger partial charge is 0.467 e. The van der Waals surface area contributed by atoms with Crippen LogP contribution in [-0.2, 0) is 17.9 Å². The molecule has 10 heteroatoms. The van der Waals surface area contributed by atoms with Crippen LogP contribution < -0.4 is 0 Å². The highest BCUT2D eigenvalue weighted by molar-refractivity contribution is 7.99. The van der Waals surface area contributed by atoms with Crippen molar-refractivity contribution < 1.29 is 9.21 Å². The molecule has 148 valence electrons. The lowest BCUT2D eigenvalue weighted by atomic mass is 10.3. The highest BCUT2D eigenvalue weighted by Crippen LogP contribution is 2.16. The lowest BCUT2D eigenvalue weighted by Gasteiger charge is -2.15. The van der Waals surface area contributed by atoms with E-state index in [0.717, 1.165) is 17.0 Å². The van der Waals surface area contributed by atoms with E-state index in [2.05, 4.69) is 20.6 Å². The van der Waals surface area contributed by atoms with Gasteiger partial charge in [0.05, 0.1) is 23.9 Å². The lowest BCUT2D eigenvalue weighted by Crippen LogP contribution is -2.27. The van der Waals surface area contributed by atoms with E-state index in [1.807, 2.05) is 48.7 Å². The third-order valence-corrected chi connectivity index (χ3v) is 5.15. The second-order valence-corrected chi connectivity index (χ2v) is 7.31. The number of tetrazole rings is 1. The van der Waals surface area contributed by atoms with E-state index in [1.54, 1.807) is 33.8 Å². The van der Waals surface area contributed by atoms with Crippen molar-refractivity contribution in [2.45, 2.75) is 18.2 Å². The van der Waals surface area contributed by atoms with Gasteiger partial charge in [-0.15, -0.1) is 5.10 Å². The molecule has 4 aromatic rings. The van der Waals surface area contributed by atoms with Gasteiger partial charge in [-0.3, -0.25) is 4.79 Å². The summed E-state index contributed by atoms with van der Waals surface area (Å²) in [5.41, 5.74) is 1.93. The Labute approximate surface area is 171 Å². The topological polar surface area (TPSA) is 94.9 Å². The van der Waals surface area contributed by atoms with Crippen LogP contribution in [0, 0.1) is 0 Å². The highest BCUT2D eigenvalue weighted by atomic mass is 32.2. The van der Waals surface area contributed by atoms with Gasteiger partial charge in [0.25, 0.3) is 0 Å². The Bertz CT molecular complexity index is 1060. The minimum atomic E-state index is -0.0185. The van der Waals surface area contributed by atoms with E-state index in [1.165, 1.54) is 11.8 Å². The first-order valence-corrected chi connectivity index (χ1v) is 9.92. The van der Waals surface area contributed by atoms with Gasteiger partial charge in [0, 0.05) is 25.4 Å². The molecule has 1 aromatic carbocycles. The minimum Gasteiger partial charge on any atom is -0.467 e. The van der Waals surface area contributed by atoms with Gasteiger partial charge < -0.3 is 9.32 Å². The molecule has 0 spiro atoms. The van der Waals surface area contributed by atoms with Crippen LogP contribution in [0.3, 0.4) is 0 Å². The smallest absolute Gasteiger partial charge is 0.233 e. The quantitative estimate of drug-likeness (QED) is 0.412. The Hall–Kier alpha value is -3.40. The van der Waals surface area contributed by atoms with Crippen molar-refractivity contribution in [1.29, 1.82) is 0 Å². The maximum absolute atomic E-state index is 12.5. The van der Waals surface area contributed by atoms with E-state index in [4.69, 9.17) is 4.42 Å². The molecule has 0 unspecified atom stereocenters. The number of thioether (sulfide) groups is 1. The first-order chi connectivity index (χ1) is 14.2. The van der Waals surface area contributed by atoms with Crippen LogP contribution in [0.4, 0.5) is 0 Å². The van der Waals surface area contributed by atoms with Crippen LogP contribution >= 0.6 is 11.8 Å². The Kier molecular flexibility index (Phi) is 5.71. The summed E-state index contributed by atoms with van der Waals surface area (Å²) in [5, 5.41) is 16.6. The maximum atomic E-state index is 12.5. The second kappa shape index (κ2) is 8.74. The predicted octanol–water partition coefficient (Wildman–Crippen LogP) is 2.25. The van der Waals surface area contributed by atoms with Gasteiger partial charge in [-0.1, -0.05) is 30.0 Å². The van der Waals surface area contributed by atoms with Crippen molar-refractivity contribution in [1.82, 2.24) is 34.9 Å². The first kappa shape index (κ1) is 18.9. The molecule has 0 radical (unpaired) electrons. The standard InChI is InChI=1S/C19H19N7O2S/c1-24(11-15-10-20-25(12-15)16-6-3-2-4-7-16)18(27)14-29-19-21-22-23-26(19)13-17-8-5-9-28-17/h2-10,12H,11,13-14H2,1H3. The normalized spacial score (nSPS) is 10.9. The summed E-state index contributed by atoms with van der Waals surface area (Å²) in [5.74, 6) is 0.968. The molecule has 0 atom stereocenters. The molecular formula is C19H19N7O2S. The molecule has 0 bridgehead atoms. The summed E-state index contributed by atoms with van der Waals surface area (Å²) >= 11 is 1.30. The minimum absolute atomic E-state index is 0.0185.